The van der Waals surface area contributed by atoms with Crippen LogP contribution < -0.4 is 4.90 Å². The molecule has 0 saturated heterocycles. The Kier molecular flexibility index (Phi) is 4.37. The lowest BCUT2D eigenvalue weighted by Crippen LogP contribution is -2.29. The number of non-ortho nitro benzene ring substituents is 1. The van der Waals surface area contributed by atoms with Gasteiger partial charge < -0.3 is 0 Å². The highest BCUT2D eigenvalue weighted by Crippen LogP contribution is 2.34. The molecule has 1 aliphatic heterocycles. The molecule has 0 fully saturated rings. The molecule has 0 aliphatic carbocycles. The standard InChI is InChI=1S/C20H10Cl2N2O4/c21-17-9-15-16(10-18(17)22)20(26)23(19(15)25)13-5-1-11(2-6-13)12-3-7-14(8-4-12)24(27)28/h1-10H. The van der Waals surface area contributed by atoms with Crippen molar-refractivity contribution in [2.75, 3.05) is 4.90 Å². The quantitative estimate of drug-likeness (QED) is 0.329. The van der Waals surface area contributed by atoms with E-state index in [1.165, 1.54) is 24.3 Å². The maximum Gasteiger partial charge on any atom is 0.269 e. The Labute approximate surface area is 169 Å². The van der Waals surface area contributed by atoms with Crippen molar-refractivity contribution < 1.29 is 14.5 Å². The van der Waals surface area contributed by atoms with Crippen LogP contribution in [0.4, 0.5) is 11.4 Å². The first-order valence-electron chi connectivity index (χ1n) is 8.09. The van der Waals surface area contributed by atoms with Gasteiger partial charge in [-0.05, 0) is 47.5 Å². The number of anilines is 1. The number of fused-ring (bicyclic) bond motifs is 1. The van der Waals surface area contributed by atoms with Gasteiger partial charge in [-0.25, -0.2) is 4.90 Å². The summed E-state index contributed by atoms with van der Waals surface area (Å²) in [4.78, 5) is 36.7. The van der Waals surface area contributed by atoms with Crippen molar-refractivity contribution in [1.29, 1.82) is 0 Å². The van der Waals surface area contributed by atoms with Crippen LogP contribution in [0.5, 0.6) is 0 Å². The number of nitro benzene ring substituents is 1. The van der Waals surface area contributed by atoms with E-state index >= 15 is 0 Å². The molecule has 0 bridgehead atoms. The Morgan fingerprint density at radius 2 is 1.18 bits per heavy atom. The van der Waals surface area contributed by atoms with Gasteiger partial charge in [0, 0.05) is 12.1 Å². The Morgan fingerprint density at radius 3 is 1.61 bits per heavy atom. The van der Waals surface area contributed by atoms with Crippen LogP contribution in [0.2, 0.25) is 10.0 Å². The van der Waals surface area contributed by atoms with Crippen LogP contribution in [0, 0.1) is 10.1 Å². The van der Waals surface area contributed by atoms with Crippen LogP contribution >= 0.6 is 23.2 Å². The molecule has 0 unspecified atom stereocenters. The molecule has 1 aliphatic rings. The SMILES string of the molecule is O=C1c2cc(Cl)c(Cl)cc2C(=O)N1c1ccc(-c2ccc([N+](=O)[O-])cc2)cc1. The Bertz CT molecular complexity index is 1100. The molecule has 6 nitrogen and oxygen atoms in total. The minimum atomic E-state index is -0.471. The number of rotatable bonds is 3. The summed E-state index contributed by atoms with van der Waals surface area (Å²) in [6, 6.07) is 15.7. The highest BCUT2D eigenvalue weighted by atomic mass is 35.5. The molecule has 0 atom stereocenters. The van der Waals surface area contributed by atoms with E-state index in [0.29, 0.717) is 5.69 Å². The normalized spacial score (nSPS) is 13.0. The number of nitrogens with zero attached hydrogens (tertiary/aromatic N) is 2. The van der Waals surface area contributed by atoms with Crippen molar-refractivity contribution in [1.82, 2.24) is 0 Å². The van der Waals surface area contributed by atoms with Gasteiger partial charge in [0.15, 0.2) is 0 Å². The Hall–Kier alpha value is -3.22. The van der Waals surface area contributed by atoms with Gasteiger partial charge in [-0.15, -0.1) is 0 Å². The zero-order valence-electron chi connectivity index (χ0n) is 14.1. The van der Waals surface area contributed by atoms with Gasteiger partial charge in [0.25, 0.3) is 17.5 Å². The van der Waals surface area contributed by atoms with Crippen molar-refractivity contribution in [3.8, 4) is 11.1 Å². The van der Waals surface area contributed by atoms with Gasteiger partial charge in [0.1, 0.15) is 0 Å². The molecule has 0 N–H and O–H groups in total. The van der Waals surface area contributed by atoms with E-state index in [-0.39, 0.29) is 26.9 Å². The predicted octanol–water partition coefficient (Wildman–Crippen LogP) is 5.37. The lowest BCUT2D eigenvalue weighted by Gasteiger charge is -2.14. The summed E-state index contributed by atoms with van der Waals surface area (Å²) in [5.74, 6) is -0.941. The average molecular weight is 413 g/mol. The molecular formula is C20H10Cl2N2O4. The molecular weight excluding hydrogens is 403 g/mol. The van der Waals surface area contributed by atoms with Crippen LogP contribution in [-0.2, 0) is 0 Å². The van der Waals surface area contributed by atoms with Gasteiger partial charge in [0.2, 0.25) is 0 Å². The van der Waals surface area contributed by atoms with Crippen molar-refractivity contribution in [3.05, 3.63) is 92.0 Å². The molecule has 8 heteroatoms. The number of benzene rings is 3. The van der Waals surface area contributed by atoms with Crippen molar-refractivity contribution in [2.24, 2.45) is 0 Å². The van der Waals surface area contributed by atoms with Crippen LogP contribution in [0.1, 0.15) is 20.7 Å². The zero-order chi connectivity index (χ0) is 20.0. The molecule has 0 radical (unpaired) electrons. The number of nitro groups is 1. The minimum absolute atomic E-state index is 0.00344. The molecule has 3 aromatic rings. The molecule has 0 spiro atoms. The summed E-state index contributed by atoms with van der Waals surface area (Å²) in [7, 11) is 0. The molecule has 3 aromatic carbocycles. The fourth-order valence-corrected chi connectivity index (χ4v) is 3.37. The third kappa shape index (κ3) is 2.93. The Balaban J connectivity index is 1.65. The molecule has 1 heterocycles. The highest BCUT2D eigenvalue weighted by molar-refractivity contribution is 6.44. The number of amides is 2. The summed E-state index contributed by atoms with van der Waals surface area (Å²) in [6.45, 7) is 0. The van der Waals surface area contributed by atoms with E-state index in [9.17, 15) is 19.7 Å². The van der Waals surface area contributed by atoms with Crippen LogP contribution in [0.25, 0.3) is 11.1 Å². The number of carbonyl (C=O) groups is 2. The van der Waals surface area contributed by atoms with E-state index in [4.69, 9.17) is 23.2 Å². The number of imide groups is 1. The lowest BCUT2D eigenvalue weighted by atomic mass is 10.0. The minimum Gasteiger partial charge on any atom is -0.268 e. The molecule has 138 valence electrons. The van der Waals surface area contributed by atoms with E-state index in [2.05, 4.69) is 0 Å². The molecule has 28 heavy (non-hydrogen) atoms. The van der Waals surface area contributed by atoms with Crippen LogP contribution in [0.15, 0.2) is 60.7 Å². The second-order valence-electron chi connectivity index (χ2n) is 6.11. The van der Waals surface area contributed by atoms with E-state index in [1.54, 1.807) is 36.4 Å². The van der Waals surface area contributed by atoms with Gasteiger partial charge in [0.05, 0.1) is 31.8 Å². The van der Waals surface area contributed by atoms with Gasteiger partial charge >= 0.3 is 0 Å². The molecule has 2 amide bonds. The second kappa shape index (κ2) is 6.74. The summed E-state index contributed by atoms with van der Waals surface area (Å²) in [5.41, 5.74) is 2.39. The summed E-state index contributed by atoms with van der Waals surface area (Å²) < 4.78 is 0. The summed E-state index contributed by atoms with van der Waals surface area (Å²) in [5, 5.41) is 11.2. The average Bonchev–Trinajstić information content (AvgIpc) is 2.92. The van der Waals surface area contributed by atoms with Gasteiger partial charge in [-0.2, -0.15) is 0 Å². The predicted molar refractivity (Wildman–Crippen MR) is 106 cm³/mol. The first kappa shape index (κ1) is 18.2. The first-order chi connectivity index (χ1) is 13.4. The second-order valence-corrected chi connectivity index (χ2v) is 6.92. The number of halogens is 2. The summed E-state index contributed by atoms with van der Waals surface area (Å²) >= 11 is 11.9. The maximum absolute atomic E-state index is 12.7. The van der Waals surface area contributed by atoms with Crippen LogP contribution in [-0.4, -0.2) is 16.7 Å². The first-order valence-corrected chi connectivity index (χ1v) is 8.85. The maximum atomic E-state index is 12.7. The zero-order valence-corrected chi connectivity index (χ0v) is 15.6. The fraction of sp³-hybridized carbons (Fsp3) is 0. The van der Waals surface area contributed by atoms with E-state index in [1.807, 2.05) is 0 Å². The smallest absolute Gasteiger partial charge is 0.268 e. The van der Waals surface area contributed by atoms with Crippen molar-refractivity contribution in [3.63, 3.8) is 0 Å². The van der Waals surface area contributed by atoms with Crippen LogP contribution in [0.3, 0.4) is 0 Å². The third-order valence-electron chi connectivity index (χ3n) is 4.46. The monoisotopic (exact) mass is 412 g/mol. The number of carbonyl (C=O) groups excluding carboxylic acids is 2. The van der Waals surface area contributed by atoms with Crippen molar-refractivity contribution >= 4 is 46.4 Å². The largest absolute Gasteiger partial charge is 0.269 e. The lowest BCUT2D eigenvalue weighted by molar-refractivity contribution is -0.384. The van der Waals surface area contributed by atoms with Gasteiger partial charge in [-0.1, -0.05) is 35.3 Å². The number of hydrogen-bond acceptors (Lipinski definition) is 4. The van der Waals surface area contributed by atoms with Gasteiger partial charge in [-0.3, -0.25) is 19.7 Å². The third-order valence-corrected chi connectivity index (χ3v) is 5.19. The Morgan fingerprint density at radius 1 is 0.750 bits per heavy atom. The summed E-state index contributed by atoms with van der Waals surface area (Å²) in [6.07, 6.45) is 0. The highest BCUT2D eigenvalue weighted by Gasteiger charge is 2.37. The molecule has 4 rings (SSSR count). The molecule has 0 aromatic heterocycles. The molecule has 0 saturated carbocycles. The number of hydrogen-bond donors (Lipinski definition) is 0. The van der Waals surface area contributed by atoms with E-state index < -0.39 is 16.7 Å². The van der Waals surface area contributed by atoms with Crippen molar-refractivity contribution in [2.45, 2.75) is 0 Å². The topological polar surface area (TPSA) is 80.5 Å². The van der Waals surface area contributed by atoms with E-state index in [0.717, 1.165) is 16.0 Å². The fourth-order valence-electron chi connectivity index (χ4n) is 3.05.